The van der Waals surface area contributed by atoms with E-state index in [-0.39, 0.29) is 24.1 Å². The lowest BCUT2D eigenvalue weighted by atomic mass is 10.3. The Hall–Kier alpha value is -2.35. The van der Waals surface area contributed by atoms with E-state index in [0.717, 1.165) is 0 Å². The third-order valence-corrected chi connectivity index (χ3v) is 2.90. The van der Waals surface area contributed by atoms with Gasteiger partial charge in [-0.1, -0.05) is 11.6 Å². The summed E-state index contributed by atoms with van der Waals surface area (Å²) >= 11 is 5.73. The first kappa shape index (κ1) is 15.0. The zero-order valence-corrected chi connectivity index (χ0v) is 12.4. The minimum Gasteiger partial charge on any atom is -0.354 e. The van der Waals surface area contributed by atoms with Gasteiger partial charge in [-0.25, -0.2) is 0 Å². The summed E-state index contributed by atoms with van der Waals surface area (Å²) in [5.74, 6) is -0.685. The summed E-state index contributed by atoms with van der Waals surface area (Å²) in [4.78, 5) is 23.7. The lowest BCUT2D eigenvalue weighted by Gasteiger charge is -2.04. The number of hydrogen-bond acceptors (Lipinski definition) is 4. The van der Waals surface area contributed by atoms with Crippen LogP contribution in [0, 0.1) is 0 Å². The minimum atomic E-state index is -0.361. The van der Waals surface area contributed by atoms with Crippen LogP contribution in [0.15, 0.2) is 18.6 Å². The van der Waals surface area contributed by atoms with Crippen LogP contribution in [0.2, 0.25) is 5.02 Å². The van der Waals surface area contributed by atoms with Crippen LogP contribution < -0.4 is 10.6 Å². The van der Waals surface area contributed by atoms with Crippen LogP contribution in [0.4, 0.5) is 5.69 Å². The van der Waals surface area contributed by atoms with Crippen LogP contribution in [-0.2, 0) is 17.9 Å². The van der Waals surface area contributed by atoms with Crippen LogP contribution in [0.25, 0.3) is 0 Å². The van der Waals surface area contributed by atoms with Gasteiger partial charge in [-0.05, 0) is 6.92 Å². The van der Waals surface area contributed by atoms with E-state index in [2.05, 4.69) is 20.8 Å². The van der Waals surface area contributed by atoms with E-state index in [9.17, 15) is 9.59 Å². The molecule has 0 aliphatic rings. The molecule has 0 radical (unpaired) electrons. The van der Waals surface area contributed by atoms with Gasteiger partial charge in [0.2, 0.25) is 5.91 Å². The summed E-state index contributed by atoms with van der Waals surface area (Å²) in [6.45, 7) is 2.48. The maximum Gasteiger partial charge on any atom is 0.273 e. The fourth-order valence-electron chi connectivity index (χ4n) is 1.72. The highest BCUT2D eigenvalue weighted by molar-refractivity contribution is 6.30. The number of aryl methyl sites for hydroxylation is 1. The van der Waals surface area contributed by atoms with E-state index in [0.29, 0.717) is 17.3 Å². The summed E-state index contributed by atoms with van der Waals surface area (Å²) in [7, 11) is 1.50. The van der Waals surface area contributed by atoms with Gasteiger partial charge in [0.05, 0.1) is 16.9 Å². The van der Waals surface area contributed by atoms with Crippen molar-refractivity contribution in [2.75, 3.05) is 12.4 Å². The predicted octanol–water partition coefficient (Wildman–Crippen LogP) is 0.751. The quantitative estimate of drug-likeness (QED) is 0.852. The molecule has 0 saturated carbocycles. The highest BCUT2D eigenvalue weighted by atomic mass is 35.5. The summed E-state index contributed by atoms with van der Waals surface area (Å²) in [6.07, 6.45) is 4.59. The second kappa shape index (κ2) is 6.40. The van der Waals surface area contributed by atoms with Crippen LogP contribution >= 0.6 is 11.6 Å². The molecule has 0 aromatic carbocycles. The Kier molecular flexibility index (Phi) is 4.59. The second-order valence-electron chi connectivity index (χ2n) is 4.23. The Bertz CT molecular complexity index is 663. The van der Waals surface area contributed by atoms with Crippen molar-refractivity contribution in [3.05, 3.63) is 29.3 Å². The molecule has 112 valence electrons. The van der Waals surface area contributed by atoms with Gasteiger partial charge in [0.25, 0.3) is 5.91 Å². The number of hydrogen-bond donors (Lipinski definition) is 2. The molecule has 2 amide bonds. The average molecular weight is 311 g/mol. The van der Waals surface area contributed by atoms with Gasteiger partial charge in [-0.15, -0.1) is 0 Å². The fourth-order valence-corrected chi connectivity index (χ4v) is 1.88. The molecular weight excluding hydrogens is 296 g/mol. The lowest BCUT2D eigenvalue weighted by molar-refractivity contribution is -0.116. The number of amides is 2. The molecule has 2 N–H and O–H groups in total. The Morgan fingerprint density at radius 2 is 2.10 bits per heavy atom. The maximum absolute atomic E-state index is 12.0. The van der Waals surface area contributed by atoms with Gasteiger partial charge in [0.15, 0.2) is 5.69 Å². The number of aromatic nitrogens is 4. The van der Waals surface area contributed by atoms with E-state index < -0.39 is 0 Å². The highest BCUT2D eigenvalue weighted by Gasteiger charge is 2.17. The van der Waals surface area contributed by atoms with Crippen molar-refractivity contribution in [2.45, 2.75) is 20.0 Å². The van der Waals surface area contributed by atoms with E-state index >= 15 is 0 Å². The molecule has 9 heteroatoms. The Morgan fingerprint density at radius 1 is 1.33 bits per heavy atom. The SMILES string of the molecule is CCn1cc(NC(=O)Cn2cc(Cl)cn2)c(C(=O)NC)n1. The van der Waals surface area contributed by atoms with Crippen molar-refractivity contribution in [2.24, 2.45) is 0 Å². The molecule has 8 nitrogen and oxygen atoms in total. The van der Waals surface area contributed by atoms with Gasteiger partial charge >= 0.3 is 0 Å². The molecule has 0 bridgehead atoms. The fraction of sp³-hybridized carbons (Fsp3) is 0.333. The van der Waals surface area contributed by atoms with Crippen molar-refractivity contribution >= 4 is 29.1 Å². The van der Waals surface area contributed by atoms with Crippen molar-refractivity contribution in [3.63, 3.8) is 0 Å². The summed E-state index contributed by atoms with van der Waals surface area (Å²) < 4.78 is 2.98. The lowest BCUT2D eigenvalue weighted by Crippen LogP contribution is -2.23. The summed E-state index contributed by atoms with van der Waals surface area (Å²) in [5, 5.41) is 13.6. The first-order valence-electron chi connectivity index (χ1n) is 6.30. The van der Waals surface area contributed by atoms with Gasteiger partial charge < -0.3 is 10.6 Å². The molecule has 0 aliphatic heterocycles. The monoisotopic (exact) mass is 310 g/mol. The topological polar surface area (TPSA) is 93.8 Å². The number of carbonyl (C=O) groups excluding carboxylic acids is 2. The number of nitrogens with zero attached hydrogens (tertiary/aromatic N) is 4. The van der Waals surface area contributed by atoms with Crippen LogP contribution in [0.3, 0.4) is 0 Å². The number of nitrogens with one attached hydrogen (secondary N) is 2. The van der Waals surface area contributed by atoms with E-state index in [1.807, 2.05) is 6.92 Å². The summed E-state index contributed by atoms with van der Waals surface area (Å²) in [6, 6.07) is 0. The molecule has 0 fully saturated rings. The third kappa shape index (κ3) is 3.60. The second-order valence-corrected chi connectivity index (χ2v) is 4.67. The van der Waals surface area contributed by atoms with Gasteiger partial charge in [-0.3, -0.25) is 19.0 Å². The Morgan fingerprint density at radius 3 is 2.67 bits per heavy atom. The van der Waals surface area contributed by atoms with Crippen LogP contribution in [-0.4, -0.2) is 38.4 Å². The normalized spacial score (nSPS) is 10.4. The molecule has 0 unspecified atom stereocenters. The van der Waals surface area contributed by atoms with E-state index in [1.54, 1.807) is 10.9 Å². The number of halogens is 1. The molecule has 0 aliphatic carbocycles. The first-order valence-corrected chi connectivity index (χ1v) is 6.68. The number of carbonyl (C=O) groups is 2. The van der Waals surface area contributed by atoms with E-state index in [1.165, 1.54) is 24.1 Å². The highest BCUT2D eigenvalue weighted by Crippen LogP contribution is 2.14. The Labute approximate surface area is 126 Å². The molecule has 21 heavy (non-hydrogen) atoms. The summed E-state index contributed by atoms with van der Waals surface area (Å²) in [5.41, 5.74) is 0.533. The maximum atomic E-state index is 12.0. The molecular formula is C12H15ClN6O2. The molecule has 2 heterocycles. The van der Waals surface area contributed by atoms with Gasteiger partial charge in [0, 0.05) is 26.0 Å². The largest absolute Gasteiger partial charge is 0.354 e. The molecule has 2 rings (SSSR count). The predicted molar refractivity (Wildman–Crippen MR) is 77.2 cm³/mol. The van der Waals surface area contributed by atoms with Gasteiger partial charge in [0.1, 0.15) is 6.54 Å². The third-order valence-electron chi connectivity index (χ3n) is 2.71. The molecule has 2 aromatic heterocycles. The average Bonchev–Trinajstić information content (AvgIpc) is 3.04. The first-order chi connectivity index (χ1) is 10.0. The molecule has 2 aromatic rings. The smallest absolute Gasteiger partial charge is 0.273 e. The van der Waals surface area contributed by atoms with Crippen molar-refractivity contribution < 1.29 is 9.59 Å². The number of anilines is 1. The molecule has 0 atom stereocenters. The molecule has 0 spiro atoms. The zero-order chi connectivity index (χ0) is 15.4. The molecule has 0 saturated heterocycles. The van der Waals surface area contributed by atoms with Crippen molar-refractivity contribution in [1.82, 2.24) is 24.9 Å². The Balaban J connectivity index is 2.12. The van der Waals surface area contributed by atoms with Crippen molar-refractivity contribution in [1.29, 1.82) is 0 Å². The minimum absolute atomic E-state index is 0.00277. The van der Waals surface area contributed by atoms with Crippen LogP contribution in [0.5, 0.6) is 0 Å². The zero-order valence-electron chi connectivity index (χ0n) is 11.6. The standard InChI is InChI=1S/C12H15ClN6O2/c1-3-18-6-9(11(17-18)12(21)14-2)16-10(20)7-19-5-8(13)4-15-19/h4-6H,3,7H2,1-2H3,(H,14,21)(H,16,20). The number of rotatable bonds is 5. The van der Waals surface area contributed by atoms with Crippen molar-refractivity contribution in [3.8, 4) is 0 Å². The van der Waals surface area contributed by atoms with E-state index in [4.69, 9.17) is 11.6 Å². The van der Waals surface area contributed by atoms with Crippen LogP contribution in [0.1, 0.15) is 17.4 Å². The van der Waals surface area contributed by atoms with Gasteiger partial charge in [-0.2, -0.15) is 10.2 Å².